The number of hydrogen-bond donors (Lipinski definition) is 2. The zero-order valence-corrected chi connectivity index (χ0v) is 12.7. The molecule has 19 heavy (non-hydrogen) atoms. The maximum Gasteiger partial charge on any atom is 0.307 e. The molecule has 1 rings (SSSR count). The largest absolute Gasteiger partial charge is 0.481 e. The van der Waals surface area contributed by atoms with Crippen LogP contribution in [-0.2, 0) is 9.53 Å². The average Bonchev–Trinajstić information content (AvgIpc) is 2.28. The normalized spacial score (nSPS) is 20.9. The Kier molecular flexibility index (Phi) is 6.27. The Hall–Kier alpha value is -0.610. The van der Waals surface area contributed by atoms with E-state index in [4.69, 9.17) is 4.74 Å². The molecular formula is C15H29NO3. The monoisotopic (exact) mass is 271 g/mol. The molecule has 0 aromatic heterocycles. The number of hydrogen-bond acceptors (Lipinski definition) is 3. The third-order valence-electron chi connectivity index (χ3n) is 4.19. The first-order chi connectivity index (χ1) is 8.88. The third kappa shape index (κ3) is 5.11. The summed E-state index contributed by atoms with van der Waals surface area (Å²) in [5.74, 6) is -0.573. The summed E-state index contributed by atoms with van der Waals surface area (Å²) >= 11 is 0. The standard InChI is InChI=1S/C15H29NO3/c1-11(2)8-13(14(17)18)10-16-12(3)9-15(19-4)6-5-7-15/h11-13,16H,5-10H2,1-4H3,(H,17,18). The molecule has 0 radical (unpaired) electrons. The van der Waals surface area contributed by atoms with Gasteiger partial charge in [0.05, 0.1) is 11.5 Å². The van der Waals surface area contributed by atoms with E-state index in [1.807, 2.05) is 0 Å². The van der Waals surface area contributed by atoms with Crippen LogP contribution in [0.15, 0.2) is 0 Å². The molecule has 0 spiro atoms. The molecule has 0 heterocycles. The van der Waals surface area contributed by atoms with E-state index in [2.05, 4.69) is 26.1 Å². The van der Waals surface area contributed by atoms with Crippen LogP contribution in [0.4, 0.5) is 0 Å². The van der Waals surface area contributed by atoms with Crippen molar-refractivity contribution in [1.82, 2.24) is 5.32 Å². The molecule has 1 saturated carbocycles. The van der Waals surface area contributed by atoms with E-state index in [-0.39, 0.29) is 11.5 Å². The molecule has 2 atom stereocenters. The van der Waals surface area contributed by atoms with Crippen LogP contribution in [0.2, 0.25) is 0 Å². The molecule has 112 valence electrons. The smallest absolute Gasteiger partial charge is 0.307 e. The first-order valence-corrected chi connectivity index (χ1v) is 7.40. The predicted octanol–water partition coefficient (Wildman–Crippen LogP) is 2.67. The van der Waals surface area contributed by atoms with Gasteiger partial charge < -0.3 is 15.2 Å². The van der Waals surface area contributed by atoms with Gasteiger partial charge in [0.15, 0.2) is 0 Å². The van der Waals surface area contributed by atoms with E-state index >= 15 is 0 Å². The zero-order valence-electron chi connectivity index (χ0n) is 12.7. The van der Waals surface area contributed by atoms with Gasteiger partial charge >= 0.3 is 5.97 Å². The Morgan fingerprint density at radius 2 is 2.00 bits per heavy atom. The highest BCUT2D eigenvalue weighted by molar-refractivity contribution is 5.70. The molecule has 4 nitrogen and oxygen atoms in total. The summed E-state index contributed by atoms with van der Waals surface area (Å²) in [6, 6.07) is 0.300. The van der Waals surface area contributed by atoms with Gasteiger partial charge in [0.25, 0.3) is 0 Å². The van der Waals surface area contributed by atoms with Crippen molar-refractivity contribution in [2.45, 2.75) is 64.5 Å². The van der Waals surface area contributed by atoms with Crippen LogP contribution in [0.1, 0.15) is 52.9 Å². The fourth-order valence-electron chi connectivity index (χ4n) is 2.88. The fraction of sp³-hybridized carbons (Fsp3) is 0.933. The Balaban J connectivity index is 2.34. The highest BCUT2D eigenvalue weighted by Gasteiger charge is 2.38. The number of carboxylic acid groups (broad SMARTS) is 1. The summed E-state index contributed by atoms with van der Waals surface area (Å²) in [6.07, 6.45) is 5.20. The predicted molar refractivity (Wildman–Crippen MR) is 76.3 cm³/mol. The van der Waals surface area contributed by atoms with Crippen LogP contribution < -0.4 is 5.32 Å². The molecule has 0 bridgehead atoms. The van der Waals surface area contributed by atoms with Crippen molar-refractivity contribution in [1.29, 1.82) is 0 Å². The highest BCUT2D eigenvalue weighted by Crippen LogP contribution is 2.38. The van der Waals surface area contributed by atoms with Crippen LogP contribution in [0.25, 0.3) is 0 Å². The molecule has 4 heteroatoms. The summed E-state index contributed by atoms with van der Waals surface area (Å²) in [7, 11) is 1.78. The van der Waals surface area contributed by atoms with Gasteiger partial charge in [0, 0.05) is 19.7 Å². The minimum Gasteiger partial charge on any atom is -0.481 e. The number of carbonyl (C=O) groups is 1. The van der Waals surface area contributed by atoms with Crippen molar-refractivity contribution in [3.63, 3.8) is 0 Å². The van der Waals surface area contributed by atoms with E-state index in [1.54, 1.807) is 7.11 Å². The SMILES string of the molecule is COC1(CC(C)NCC(CC(C)C)C(=O)O)CCC1. The maximum absolute atomic E-state index is 11.2. The summed E-state index contributed by atoms with van der Waals surface area (Å²) in [5, 5.41) is 12.6. The van der Waals surface area contributed by atoms with Crippen molar-refractivity contribution in [3.8, 4) is 0 Å². The van der Waals surface area contributed by atoms with Gasteiger partial charge in [0.2, 0.25) is 0 Å². The molecule has 0 amide bonds. The molecule has 1 aliphatic carbocycles. The Bertz CT molecular complexity index is 282. The molecule has 0 aromatic rings. The summed E-state index contributed by atoms with van der Waals surface area (Å²) in [6.45, 7) is 6.79. The summed E-state index contributed by atoms with van der Waals surface area (Å²) < 4.78 is 5.61. The van der Waals surface area contributed by atoms with E-state index in [0.29, 0.717) is 18.5 Å². The Labute approximate surface area is 116 Å². The molecule has 0 aliphatic heterocycles. The van der Waals surface area contributed by atoms with Gasteiger partial charge in [-0.1, -0.05) is 13.8 Å². The topological polar surface area (TPSA) is 58.6 Å². The van der Waals surface area contributed by atoms with Crippen molar-refractivity contribution in [3.05, 3.63) is 0 Å². The number of methoxy groups -OCH3 is 1. The van der Waals surface area contributed by atoms with Gasteiger partial charge in [-0.15, -0.1) is 0 Å². The lowest BCUT2D eigenvalue weighted by Crippen LogP contribution is -2.46. The fourth-order valence-corrected chi connectivity index (χ4v) is 2.88. The van der Waals surface area contributed by atoms with Gasteiger partial charge in [-0.05, 0) is 44.9 Å². The maximum atomic E-state index is 11.2. The first-order valence-electron chi connectivity index (χ1n) is 7.40. The second-order valence-electron chi connectivity index (χ2n) is 6.42. The number of aliphatic carboxylic acids is 1. The second-order valence-corrected chi connectivity index (χ2v) is 6.42. The van der Waals surface area contributed by atoms with Crippen LogP contribution >= 0.6 is 0 Å². The van der Waals surface area contributed by atoms with Crippen molar-refractivity contribution in [2.75, 3.05) is 13.7 Å². The lowest BCUT2D eigenvalue weighted by molar-refractivity contribution is -0.142. The van der Waals surface area contributed by atoms with Crippen LogP contribution in [0.3, 0.4) is 0 Å². The van der Waals surface area contributed by atoms with E-state index in [1.165, 1.54) is 6.42 Å². The molecule has 2 N–H and O–H groups in total. The lowest BCUT2D eigenvalue weighted by Gasteiger charge is -2.42. The van der Waals surface area contributed by atoms with Crippen molar-refractivity contribution >= 4 is 5.97 Å². The van der Waals surface area contributed by atoms with Gasteiger partial charge in [0.1, 0.15) is 0 Å². The van der Waals surface area contributed by atoms with Crippen molar-refractivity contribution < 1.29 is 14.6 Å². The van der Waals surface area contributed by atoms with Crippen molar-refractivity contribution in [2.24, 2.45) is 11.8 Å². The average molecular weight is 271 g/mol. The molecule has 0 saturated heterocycles. The minimum absolute atomic E-state index is 0.0448. The van der Waals surface area contributed by atoms with Gasteiger partial charge in [-0.3, -0.25) is 4.79 Å². The molecular weight excluding hydrogens is 242 g/mol. The first kappa shape index (κ1) is 16.4. The summed E-state index contributed by atoms with van der Waals surface area (Å²) in [4.78, 5) is 11.2. The number of rotatable bonds is 9. The molecule has 0 aromatic carbocycles. The van der Waals surface area contributed by atoms with Gasteiger partial charge in [-0.2, -0.15) is 0 Å². The van der Waals surface area contributed by atoms with Crippen LogP contribution in [0, 0.1) is 11.8 Å². The number of ether oxygens (including phenoxy) is 1. The third-order valence-corrected chi connectivity index (χ3v) is 4.19. The van der Waals surface area contributed by atoms with Crippen LogP contribution in [-0.4, -0.2) is 36.4 Å². The number of carboxylic acids is 1. The highest BCUT2D eigenvalue weighted by atomic mass is 16.5. The van der Waals surface area contributed by atoms with Gasteiger partial charge in [-0.25, -0.2) is 0 Å². The Morgan fingerprint density at radius 1 is 1.37 bits per heavy atom. The summed E-state index contributed by atoms with van der Waals surface area (Å²) in [5.41, 5.74) is 0.0448. The van der Waals surface area contributed by atoms with E-state index in [9.17, 15) is 9.90 Å². The van der Waals surface area contributed by atoms with E-state index in [0.717, 1.165) is 25.7 Å². The second kappa shape index (κ2) is 7.25. The van der Waals surface area contributed by atoms with Crippen LogP contribution in [0.5, 0.6) is 0 Å². The Morgan fingerprint density at radius 3 is 2.37 bits per heavy atom. The van der Waals surface area contributed by atoms with E-state index < -0.39 is 5.97 Å². The quantitative estimate of drug-likeness (QED) is 0.677. The lowest BCUT2D eigenvalue weighted by atomic mass is 9.76. The minimum atomic E-state index is -0.696. The zero-order chi connectivity index (χ0) is 14.5. The molecule has 1 fully saturated rings. The number of nitrogens with one attached hydrogen (secondary N) is 1. The molecule has 1 aliphatic rings. The molecule has 2 unspecified atom stereocenters.